The number of nitrogens with one attached hydrogen (secondary N) is 1. The van der Waals surface area contributed by atoms with Crippen LogP contribution in [0.25, 0.3) is 5.57 Å². The van der Waals surface area contributed by atoms with Crippen LogP contribution in [0.15, 0.2) is 6.08 Å². The van der Waals surface area contributed by atoms with Crippen molar-refractivity contribution in [3.63, 3.8) is 0 Å². The van der Waals surface area contributed by atoms with Gasteiger partial charge in [-0.3, -0.25) is 9.69 Å². The van der Waals surface area contributed by atoms with Crippen molar-refractivity contribution in [1.29, 1.82) is 0 Å². The van der Waals surface area contributed by atoms with E-state index in [2.05, 4.69) is 26.7 Å². The smallest absolute Gasteiger partial charge is 0.320 e. The number of H-pyrrole nitrogens is 1. The Morgan fingerprint density at radius 2 is 2.42 bits per heavy atom. The number of carbonyl (C=O) groups excluding carboxylic acids is 1. The lowest BCUT2D eigenvalue weighted by Crippen LogP contribution is -2.35. The highest BCUT2D eigenvalue weighted by Gasteiger charge is 2.19. The molecule has 0 spiro atoms. The second-order valence-corrected chi connectivity index (χ2v) is 5.04. The first kappa shape index (κ1) is 13.7. The molecular weight excluding hydrogens is 246 g/mol. The predicted octanol–water partition coefficient (Wildman–Crippen LogP) is 0.488. The number of nitrogens with zero attached hydrogens (tertiary/aromatic N) is 4. The van der Waals surface area contributed by atoms with Crippen LogP contribution in [0.3, 0.4) is 0 Å². The van der Waals surface area contributed by atoms with E-state index in [1.54, 1.807) is 0 Å². The van der Waals surface area contributed by atoms with Crippen molar-refractivity contribution < 1.29 is 9.53 Å². The summed E-state index contributed by atoms with van der Waals surface area (Å²) >= 11 is 0. The van der Waals surface area contributed by atoms with Gasteiger partial charge in [0.25, 0.3) is 0 Å². The molecule has 0 saturated heterocycles. The van der Waals surface area contributed by atoms with E-state index in [1.807, 2.05) is 18.7 Å². The summed E-state index contributed by atoms with van der Waals surface area (Å²) in [6.07, 6.45) is 2.96. The Morgan fingerprint density at radius 3 is 3.11 bits per heavy atom. The lowest BCUT2D eigenvalue weighted by atomic mass is 10.1. The van der Waals surface area contributed by atoms with Crippen LogP contribution in [0.4, 0.5) is 0 Å². The molecule has 0 saturated carbocycles. The number of esters is 1. The maximum absolute atomic E-state index is 11.7. The Morgan fingerprint density at radius 1 is 1.58 bits per heavy atom. The van der Waals surface area contributed by atoms with Crippen LogP contribution >= 0.6 is 0 Å². The Bertz CT molecular complexity index is 441. The summed E-state index contributed by atoms with van der Waals surface area (Å²) in [5, 5.41) is 13.9. The average Bonchev–Trinajstić information content (AvgIpc) is 2.90. The van der Waals surface area contributed by atoms with Gasteiger partial charge in [0.15, 0.2) is 0 Å². The molecule has 104 valence electrons. The van der Waals surface area contributed by atoms with Gasteiger partial charge >= 0.3 is 5.97 Å². The fourth-order valence-corrected chi connectivity index (χ4v) is 1.89. The molecule has 0 unspecified atom stereocenters. The quantitative estimate of drug-likeness (QED) is 0.780. The molecule has 1 aliphatic heterocycles. The molecule has 2 heterocycles. The highest BCUT2D eigenvalue weighted by Crippen LogP contribution is 2.16. The van der Waals surface area contributed by atoms with Crippen LogP contribution in [-0.2, 0) is 9.53 Å². The first-order chi connectivity index (χ1) is 9.15. The molecule has 7 heteroatoms. The summed E-state index contributed by atoms with van der Waals surface area (Å²) in [5.41, 5.74) is 0.997. The molecule has 0 radical (unpaired) electrons. The maximum atomic E-state index is 11.7. The predicted molar refractivity (Wildman–Crippen MR) is 69.0 cm³/mol. The van der Waals surface area contributed by atoms with Gasteiger partial charge < -0.3 is 4.74 Å². The van der Waals surface area contributed by atoms with Crippen LogP contribution in [0.2, 0.25) is 0 Å². The molecule has 0 aliphatic carbocycles. The third-order valence-electron chi connectivity index (χ3n) is 2.79. The molecule has 0 fully saturated rings. The number of aromatic amines is 1. The van der Waals surface area contributed by atoms with Gasteiger partial charge in [-0.15, -0.1) is 10.2 Å². The molecule has 1 aliphatic rings. The minimum atomic E-state index is -0.178. The lowest BCUT2D eigenvalue weighted by molar-refractivity contribution is -0.145. The monoisotopic (exact) mass is 265 g/mol. The Labute approximate surface area is 112 Å². The van der Waals surface area contributed by atoms with Gasteiger partial charge in [-0.2, -0.15) is 5.21 Å². The minimum absolute atomic E-state index is 0.178. The molecule has 0 atom stereocenters. The third-order valence-corrected chi connectivity index (χ3v) is 2.79. The van der Waals surface area contributed by atoms with Gasteiger partial charge in [-0.05, 0) is 17.6 Å². The van der Waals surface area contributed by atoms with Crippen LogP contribution in [-0.4, -0.2) is 57.7 Å². The fourth-order valence-electron chi connectivity index (χ4n) is 1.89. The number of hydrogen-bond acceptors (Lipinski definition) is 6. The van der Waals surface area contributed by atoms with Crippen molar-refractivity contribution in [3.05, 3.63) is 11.9 Å². The van der Waals surface area contributed by atoms with E-state index in [9.17, 15) is 4.79 Å². The van der Waals surface area contributed by atoms with Crippen molar-refractivity contribution in [3.8, 4) is 0 Å². The van der Waals surface area contributed by atoms with E-state index >= 15 is 0 Å². The average molecular weight is 265 g/mol. The van der Waals surface area contributed by atoms with Gasteiger partial charge in [0.2, 0.25) is 5.82 Å². The second kappa shape index (κ2) is 6.42. The molecule has 0 bridgehead atoms. The second-order valence-electron chi connectivity index (χ2n) is 5.04. The molecule has 0 amide bonds. The summed E-state index contributed by atoms with van der Waals surface area (Å²) in [6, 6.07) is 0. The van der Waals surface area contributed by atoms with Crippen molar-refractivity contribution in [2.75, 3.05) is 26.2 Å². The van der Waals surface area contributed by atoms with E-state index < -0.39 is 0 Å². The lowest BCUT2D eigenvalue weighted by Gasteiger charge is -2.25. The van der Waals surface area contributed by atoms with Crippen molar-refractivity contribution in [2.24, 2.45) is 5.92 Å². The van der Waals surface area contributed by atoms with Gasteiger partial charge in [-0.25, -0.2) is 0 Å². The zero-order valence-corrected chi connectivity index (χ0v) is 11.3. The molecular formula is C12H19N5O2. The molecule has 19 heavy (non-hydrogen) atoms. The first-order valence-electron chi connectivity index (χ1n) is 6.46. The van der Waals surface area contributed by atoms with Crippen LogP contribution in [0.5, 0.6) is 0 Å². The number of hydrogen-bond donors (Lipinski definition) is 1. The fraction of sp³-hybridized carbons (Fsp3) is 0.667. The Hall–Kier alpha value is -1.76. The number of carbonyl (C=O) groups is 1. The van der Waals surface area contributed by atoms with Crippen LogP contribution in [0.1, 0.15) is 26.1 Å². The largest absolute Gasteiger partial charge is 0.464 e. The minimum Gasteiger partial charge on any atom is -0.464 e. The van der Waals surface area contributed by atoms with Crippen molar-refractivity contribution in [2.45, 2.75) is 20.3 Å². The zero-order valence-electron chi connectivity index (χ0n) is 11.3. The van der Waals surface area contributed by atoms with Gasteiger partial charge in [0.05, 0.1) is 13.2 Å². The highest BCUT2D eigenvalue weighted by atomic mass is 16.5. The van der Waals surface area contributed by atoms with Gasteiger partial charge in [0.1, 0.15) is 0 Å². The molecule has 7 nitrogen and oxygen atoms in total. The Kier molecular flexibility index (Phi) is 4.62. The maximum Gasteiger partial charge on any atom is 0.320 e. The summed E-state index contributed by atoms with van der Waals surface area (Å²) in [6.45, 7) is 6.31. The number of ether oxygens (including phenoxy) is 1. The molecule has 1 aromatic heterocycles. The van der Waals surface area contributed by atoms with Crippen LogP contribution in [0, 0.1) is 5.92 Å². The third kappa shape index (κ3) is 4.13. The highest BCUT2D eigenvalue weighted by molar-refractivity contribution is 5.72. The summed E-state index contributed by atoms with van der Waals surface area (Å²) in [4.78, 5) is 13.7. The van der Waals surface area contributed by atoms with E-state index in [4.69, 9.17) is 4.74 Å². The normalized spacial score (nSPS) is 16.5. The number of tetrazole rings is 1. The number of aromatic nitrogens is 4. The van der Waals surface area contributed by atoms with Crippen molar-refractivity contribution >= 4 is 11.5 Å². The van der Waals surface area contributed by atoms with Crippen LogP contribution < -0.4 is 0 Å². The summed E-state index contributed by atoms with van der Waals surface area (Å²) in [5.74, 6) is 0.781. The van der Waals surface area contributed by atoms with E-state index in [0.717, 1.165) is 18.5 Å². The van der Waals surface area contributed by atoms with Gasteiger partial charge in [-0.1, -0.05) is 19.9 Å². The molecule has 0 aromatic carbocycles. The standard InChI is InChI=1S/C12H19N5O2/c1-9(2)8-19-11(18)7-17-5-3-4-10(6-17)12-13-15-16-14-12/h4,9H,3,5-8H2,1-2H3,(H,13,14,15,16). The first-order valence-corrected chi connectivity index (χ1v) is 6.46. The zero-order chi connectivity index (χ0) is 13.7. The van der Waals surface area contributed by atoms with E-state index in [1.165, 1.54) is 0 Å². The molecule has 1 N–H and O–H groups in total. The topological polar surface area (TPSA) is 84.0 Å². The number of rotatable bonds is 5. The van der Waals surface area contributed by atoms with E-state index in [-0.39, 0.29) is 5.97 Å². The summed E-state index contributed by atoms with van der Waals surface area (Å²) < 4.78 is 5.18. The van der Waals surface area contributed by atoms with Gasteiger partial charge in [0, 0.05) is 18.7 Å². The van der Waals surface area contributed by atoms with Crippen molar-refractivity contribution in [1.82, 2.24) is 25.5 Å². The SMILES string of the molecule is CC(C)COC(=O)CN1CCC=C(c2nn[nH]n2)C1. The summed E-state index contributed by atoms with van der Waals surface area (Å²) in [7, 11) is 0. The Balaban J connectivity index is 1.83. The molecule has 1 aromatic rings. The van der Waals surface area contributed by atoms with E-state index in [0.29, 0.717) is 31.4 Å². The molecule has 2 rings (SSSR count).